The summed E-state index contributed by atoms with van der Waals surface area (Å²) < 4.78 is 10.5. The van der Waals surface area contributed by atoms with Crippen molar-refractivity contribution in [3.8, 4) is 0 Å². The molecule has 1 aliphatic carbocycles. The Morgan fingerprint density at radius 2 is 1.23 bits per heavy atom. The molecule has 17 nitrogen and oxygen atoms in total. The third-order valence-electron chi connectivity index (χ3n) is 5.86. The molecule has 1 saturated carbocycles. The highest BCUT2D eigenvalue weighted by atomic mass is 16.5. The molecular formula is C23H35N7O10. The van der Waals surface area contributed by atoms with Crippen molar-refractivity contribution < 1.29 is 47.8 Å². The largest absolute Gasteiger partial charge is 0.379 e. The zero-order valence-corrected chi connectivity index (χ0v) is 22.0. The van der Waals surface area contributed by atoms with Gasteiger partial charge < -0.3 is 41.8 Å². The van der Waals surface area contributed by atoms with Crippen molar-refractivity contribution in [1.82, 2.24) is 31.5 Å². The number of carbonyl (C=O) groups excluding carboxylic acids is 8. The van der Waals surface area contributed by atoms with Crippen LogP contribution in [0, 0.1) is 11.8 Å². The van der Waals surface area contributed by atoms with Gasteiger partial charge in [0.25, 0.3) is 0 Å². The van der Waals surface area contributed by atoms with Crippen LogP contribution in [0.5, 0.6) is 0 Å². The minimum absolute atomic E-state index is 0.0305. The van der Waals surface area contributed by atoms with Crippen molar-refractivity contribution in [3.05, 3.63) is 0 Å². The molecule has 0 spiro atoms. The number of imide groups is 1. The fourth-order valence-corrected chi connectivity index (χ4v) is 3.47. The molecule has 0 radical (unpaired) electrons. The maximum Gasteiger partial charge on any atom is 0.241 e. The molecule has 0 bridgehead atoms. The lowest BCUT2D eigenvalue weighted by atomic mass is 10.3. The van der Waals surface area contributed by atoms with Gasteiger partial charge in [0.1, 0.15) is 6.73 Å². The van der Waals surface area contributed by atoms with E-state index in [0.29, 0.717) is 13.0 Å². The first-order chi connectivity index (χ1) is 19.1. The van der Waals surface area contributed by atoms with E-state index in [4.69, 9.17) is 15.2 Å². The quantitative estimate of drug-likeness (QED) is 0.0492. The van der Waals surface area contributed by atoms with Crippen molar-refractivity contribution in [1.29, 1.82) is 0 Å². The van der Waals surface area contributed by atoms with E-state index in [9.17, 15) is 38.4 Å². The monoisotopic (exact) mass is 569 g/mol. The minimum atomic E-state index is -0.662. The lowest BCUT2D eigenvalue weighted by Gasteiger charge is -2.13. The number of ether oxygens (including phenoxy) is 2. The second kappa shape index (κ2) is 16.8. The fraction of sp³-hybridized carbons (Fsp3) is 0.652. The van der Waals surface area contributed by atoms with Crippen molar-refractivity contribution >= 4 is 47.3 Å². The zero-order chi connectivity index (χ0) is 29.5. The number of nitrogens with one attached hydrogen (secondary N) is 5. The normalized spacial score (nSPS) is 17.6. The van der Waals surface area contributed by atoms with Gasteiger partial charge in [-0.05, 0) is 12.3 Å². The van der Waals surface area contributed by atoms with Gasteiger partial charge in [0, 0.05) is 25.2 Å². The average Bonchev–Trinajstić information content (AvgIpc) is 3.64. The van der Waals surface area contributed by atoms with E-state index in [2.05, 4.69) is 26.6 Å². The van der Waals surface area contributed by atoms with Gasteiger partial charge >= 0.3 is 0 Å². The molecule has 1 saturated heterocycles. The smallest absolute Gasteiger partial charge is 0.241 e. The second-order valence-corrected chi connectivity index (χ2v) is 9.03. The van der Waals surface area contributed by atoms with E-state index in [1.807, 2.05) is 0 Å². The summed E-state index contributed by atoms with van der Waals surface area (Å²) in [5.74, 6) is -3.90. The second-order valence-electron chi connectivity index (χ2n) is 9.03. The third-order valence-corrected chi connectivity index (χ3v) is 5.86. The highest BCUT2D eigenvalue weighted by molar-refractivity contribution is 6.01. The lowest BCUT2D eigenvalue weighted by Crippen LogP contribution is -2.45. The fourth-order valence-electron chi connectivity index (χ4n) is 3.47. The molecule has 1 aliphatic heterocycles. The number of primary amides is 1. The number of carbonyl (C=O) groups is 8. The van der Waals surface area contributed by atoms with E-state index in [1.54, 1.807) is 0 Å². The first kappa shape index (κ1) is 32.1. The van der Waals surface area contributed by atoms with Crippen molar-refractivity contribution in [2.45, 2.75) is 25.7 Å². The zero-order valence-electron chi connectivity index (χ0n) is 22.0. The van der Waals surface area contributed by atoms with Gasteiger partial charge in [-0.25, -0.2) is 0 Å². The Labute approximate surface area is 229 Å². The molecule has 8 amide bonds. The number of nitrogens with two attached hydrogens (primary N) is 1. The van der Waals surface area contributed by atoms with Crippen LogP contribution < -0.4 is 32.3 Å². The number of amides is 8. The third kappa shape index (κ3) is 12.6. The molecule has 40 heavy (non-hydrogen) atoms. The maximum absolute atomic E-state index is 11.8. The summed E-state index contributed by atoms with van der Waals surface area (Å²) in [5, 5.41) is 11.6. The summed E-state index contributed by atoms with van der Waals surface area (Å²) in [7, 11) is 0. The standard InChI is InChI=1S/C23H35N7O10/c24-23(38)15-7-14(15)12-40-13-29-20(35)11-28-19(34)10-27-18(33)9-26-17(32)8-25-16(31)3-5-39-6-4-30-21(36)1-2-22(30)37/h14-15H,1-13H2,(H2,24,38)(H,25,31)(H,26,32)(H,27,33)(H,28,34)(H,29,35). The van der Waals surface area contributed by atoms with E-state index in [1.165, 1.54) is 0 Å². The van der Waals surface area contributed by atoms with Crippen LogP contribution in [0.2, 0.25) is 0 Å². The van der Waals surface area contributed by atoms with Gasteiger partial charge in [-0.15, -0.1) is 0 Å². The molecule has 17 heteroatoms. The predicted octanol–water partition coefficient (Wildman–Crippen LogP) is -4.78. The van der Waals surface area contributed by atoms with E-state index >= 15 is 0 Å². The minimum Gasteiger partial charge on any atom is -0.379 e. The van der Waals surface area contributed by atoms with Crippen LogP contribution in [0.15, 0.2) is 0 Å². The molecule has 7 N–H and O–H groups in total. The molecule has 2 rings (SSSR count). The average molecular weight is 570 g/mol. The van der Waals surface area contributed by atoms with Gasteiger partial charge in [-0.3, -0.25) is 43.3 Å². The van der Waals surface area contributed by atoms with Crippen LogP contribution in [0.25, 0.3) is 0 Å². The molecule has 2 aliphatic rings. The Kier molecular flexibility index (Phi) is 13.4. The Hall–Kier alpha value is -4.12. The number of hydrogen-bond donors (Lipinski definition) is 6. The van der Waals surface area contributed by atoms with Crippen LogP contribution in [0.4, 0.5) is 0 Å². The lowest BCUT2D eigenvalue weighted by molar-refractivity contribution is -0.139. The molecule has 2 fully saturated rings. The molecule has 222 valence electrons. The molecule has 0 aromatic carbocycles. The molecule has 0 aromatic heterocycles. The highest BCUT2D eigenvalue weighted by Gasteiger charge is 2.41. The topological polar surface area (TPSA) is 244 Å². The summed E-state index contributed by atoms with van der Waals surface area (Å²) in [6.45, 7) is -1.13. The van der Waals surface area contributed by atoms with Gasteiger partial charge in [0.2, 0.25) is 47.3 Å². The van der Waals surface area contributed by atoms with E-state index < -0.39 is 42.6 Å². The Balaban J connectivity index is 1.41. The highest BCUT2D eigenvalue weighted by Crippen LogP contribution is 2.37. The van der Waals surface area contributed by atoms with Crippen molar-refractivity contribution in [2.24, 2.45) is 17.6 Å². The van der Waals surface area contributed by atoms with Crippen molar-refractivity contribution in [2.75, 3.05) is 59.3 Å². The molecule has 1 heterocycles. The van der Waals surface area contributed by atoms with E-state index in [0.717, 1.165) is 4.90 Å². The number of likely N-dealkylation sites (tertiary alicyclic amines) is 1. The van der Waals surface area contributed by atoms with Crippen LogP contribution in [-0.2, 0) is 47.8 Å². The van der Waals surface area contributed by atoms with Crippen LogP contribution >= 0.6 is 0 Å². The van der Waals surface area contributed by atoms with Crippen LogP contribution in [0.1, 0.15) is 25.7 Å². The summed E-state index contributed by atoms with van der Waals surface area (Å²) in [6, 6.07) is 0. The Bertz CT molecular complexity index is 973. The summed E-state index contributed by atoms with van der Waals surface area (Å²) in [4.78, 5) is 93.8. The predicted molar refractivity (Wildman–Crippen MR) is 133 cm³/mol. The van der Waals surface area contributed by atoms with E-state index in [-0.39, 0.29) is 88.4 Å². The molecule has 2 unspecified atom stereocenters. The summed E-state index contributed by atoms with van der Waals surface area (Å²) >= 11 is 0. The molecule has 0 aromatic rings. The first-order valence-electron chi connectivity index (χ1n) is 12.7. The molecule has 2 atom stereocenters. The van der Waals surface area contributed by atoms with Crippen molar-refractivity contribution in [3.63, 3.8) is 0 Å². The van der Waals surface area contributed by atoms with Gasteiger partial charge in [0.15, 0.2) is 0 Å². The maximum atomic E-state index is 11.8. The van der Waals surface area contributed by atoms with Gasteiger partial charge in [-0.2, -0.15) is 0 Å². The summed E-state index contributed by atoms with van der Waals surface area (Å²) in [5.41, 5.74) is 5.16. The Morgan fingerprint density at radius 3 is 1.73 bits per heavy atom. The number of rotatable bonds is 19. The van der Waals surface area contributed by atoms with Crippen LogP contribution in [0.3, 0.4) is 0 Å². The van der Waals surface area contributed by atoms with Gasteiger partial charge in [0.05, 0.1) is 52.5 Å². The van der Waals surface area contributed by atoms with Gasteiger partial charge in [-0.1, -0.05) is 0 Å². The summed E-state index contributed by atoms with van der Waals surface area (Å²) in [6.07, 6.45) is 1.01. The Morgan fingerprint density at radius 1 is 0.725 bits per heavy atom. The first-order valence-corrected chi connectivity index (χ1v) is 12.7. The number of hydrogen-bond acceptors (Lipinski definition) is 10. The molecular weight excluding hydrogens is 534 g/mol. The SMILES string of the molecule is NC(=O)C1CC1COCNC(=O)CNC(=O)CNC(=O)CNC(=O)CNC(=O)CCOCCN1C(=O)CCC1=O. The van der Waals surface area contributed by atoms with Crippen LogP contribution in [-0.4, -0.2) is 111 Å². The number of nitrogens with zero attached hydrogens (tertiary/aromatic N) is 1.